The Kier molecular flexibility index (Phi) is 8.26. The maximum absolute atomic E-state index is 13.1. The molecule has 1 N–H and O–H groups in total. The maximum Gasteiger partial charge on any atom is 0.418 e. The minimum Gasteiger partial charge on any atom is -0.494 e. The highest BCUT2D eigenvalue weighted by atomic mass is 19.4. The van der Waals surface area contributed by atoms with Crippen LogP contribution in [0, 0.1) is 0 Å². The molecule has 2 rings (SSSR count). The molecule has 0 spiro atoms. The molecule has 2 amide bonds. The summed E-state index contributed by atoms with van der Waals surface area (Å²) in [5.41, 5.74) is -0.915. The van der Waals surface area contributed by atoms with Gasteiger partial charge in [-0.1, -0.05) is 25.5 Å². The molecule has 0 aliphatic carbocycles. The zero-order valence-electron chi connectivity index (χ0n) is 17.0. The molecule has 2 aromatic rings. The zero-order valence-corrected chi connectivity index (χ0v) is 17.0. The van der Waals surface area contributed by atoms with Gasteiger partial charge in [-0.05, 0) is 49.7 Å². The second kappa shape index (κ2) is 10.7. The molecule has 0 fully saturated rings. The zero-order chi connectivity index (χ0) is 22.1. The van der Waals surface area contributed by atoms with Gasteiger partial charge in [-0.2, -0.15) is 13.2 Å². The van der Waals surface area contributed by atoms with Crippen molar-refractivity contribution in [1.29, 1.82) is 0 Å². The molecule has 0 saturated carbocycles. The average molecular weight is 422 g/mol. The van der Waals surface area contributed by atoms with Crippen LogP contribution in [0.15, 0.2) is 48.5 Å². The molecule has 0 bridgehead atoms. The lowest BCUT2D eigenvalue weighted by Crippen LogP contribution is -2.38. The van der Waals surface area contributed by atoms with Crippen LogP contribution < -0.4 is 10.1 Å². The van der Waals surface area contributed by atoms with E-state index in [0.717, 1.165) is 18.9 Å². The van der Waals surface area contributed by atoms with Crippen molar-refractivity contribution in [3.8, 4) is 5.75 Å². The number of carbonyl (C=O) groups excluding carboxylic acids is 2. The highest BCUT2D eigenvalue weighted by molar-refractivity contribution is 5.99. The summed E-state index contributed by atoms with van der Waals surface area (Å²) in [5, 5.41) is 2.25. The molecular weight excluding hydrogens is 397 g/mol. The van der Waals surface area contributed by atoms with Crippen molar-refractivity contribution in [2.75, 3.05) is 25.0 Å². The summed E-state index contributed by atoms with van der Waals surface area (Å²) < 4.78 is 44.8. The van der Waals surface area contributed by atoms with E-state index in [9.17, 15) is 22.8 Å². The summed E-state index contributed by atoms with van der Waals surface area (Å²) >= 11 is 0. The van der Waals surface area contributed by atoms with Gasteiger partial charge in [0.1, 0.15) is 12.3 Å². The van der Waals surface area contributed by atoms with E-state index in [1.807, 2.05) is 0 Å². The summed E-state index contributed by atoms with van der Waals surface area (Å²) in [7, 11) is 0. The first-order valence-corrected chi connectivity index (χ1v) is 9.74. The number of alkyl halides is 3. The number of rotatable bonds is 9. The topological polar surface area (TPSA) is 58.6 Å². The fourth-order valence-electron chi connectivity index (χ4n) is 2.74. The van der Waals surface area contributed by atoms with Gasteiger partial charge in [-0.3, -0.25) is 9.59 Å². The Morgan fingerprint density at radius 2 is 1.70 bits per heavy atom. The lowest BCUT2D eigenvalue weighted by atomic mass is 10.1. The molecule has 0 radical (unpaired) electrons. The van der Waals surface area contributed by atoms with Crippen LogP contribution >= 0.6 is 0 Å². The Hall–Kier alpha value is -3.03. The van der Waals surface area contributed by atoms with Crippen molar-refractivity contribution >= 4 is 17.5 Å². The van der Waals surface area contributed by atoms with Crippen molar-refractivity contribution in [2.45, 2.75) is 32.9 Å². The van der Waals surface area contributed by atoms with Crippen LogP contribution in [0.1, 0.15) is 42.6 Å². The van der Waals surface area contributed by atoms with Crippen LogP contribution in [-0.2, 0) is 11.0 Å². The number of halogens is 3. The maximum atomic E-state index is 13.1. The summed E-state index contributed by atoms with van der Waals surface area (Å²) in [6.07, 6.45) is -2.65. The number of amides is 2. The first-order chi connectivity index (χ1) is 14.3. The number of likely N-dealkylation sites (N-methyl/N-ethyl adjacent to an activating group) is 1. The summed E-state index contributed by atoms with van der Waals surface area (Å²) in [6.45, 7) is 4.20. The van der Waals surface area contributed by atoms with E-state index in [2.05, 4.69) is 12.2 Å². The number of nitrogens with zero attached hydrogens (tertiary/aromatic N) is 1. The van der Waals surface area contributed by atoms with E-state index in [1.54, 1.807) is 31.2 Å². The Morgan fingerprint density at radius 3 is 2.30 bits per heavy atom. The molecule has 0 aliphatic rings. The third kappa shape index (κ3) is 6.50. The van der Waals surface area contributed by atoms with E-state index in [-0.39, 0.29) is 18.8 Å². The predicted octanol–water partition coefficient (Wildman–Crippen LogP) is 4.99. The van der Waals surface area contributed by atoms with Gasteiger partial charge in [0.15, 0.2) is 0 Å². The highest BCUT2D eigenvalue weighted by Gasteiger charge is 2.33. The van der Waals surface area contributed by atoms with Crippen molar-refractivity contribution in [3.63, 3.8) is 0 Å². The first-order valence-electron chi connectivity index (χ1n) is 9.74. The van der Waals surface area contributed by atoms with Crippen LogP contribution in [0.3, 0.4) is 0 Å². The Balaban J connectivity index is 2.03. The number of carbonyl (C=O) groups is 2. The number of hydrogen-bond acceptors (Lipinski definition) is 3. The van der Waals surface area contributed by atoms with Gasteiger partial charge >= 0.3 is 6.18 Å². The molecule has 8 heteroatoms. The number of nitrogens with one attached hydrogen (secondary N) is 1. The fourth-order valence-corrected chi connectivity index (χ4v) is 2.74. The van der Waals surface area contributed by atoms with Crippen molar-refractivity contribution in [2.24, 2.45) is 0 Å². The summed E-state index contributed by atoms with van der Waals surface area (Å²) in [6, 6.07) is 11.3. The summed E-state index contributed by atoms with van der Waals surface area (Å²) in [5.74, 6) is -0.456. The third-order valence-electron chi connectivity index (χ3n) is 4.38. The number of unbranched alkanes of at least 4 members (excludes halogenated alkanes) is 1. The minimum atomic E-state index is -4.59. The molecule has 0 saturated heterocycles. The fraction of sp³-hybridized carbons (Fsp3) is 0.364. The molecule has 0 unspecified atom stereocenters. The monoisotopic (exact) mass is 422 g/mol. The largest absolute Gasteiger partial charge is 0.494 e. The van der Waals surface area contributed by atoms with E-state index in [1.165, 1.54) is 23.1 Å². The number of ether oxygens (including phenoxy) is 1. The molecule has 0 aromatic heterocycles. The third-order valence-corrected chi connectivity index (χ3v) is 4.38. The molecule has 0 heterocycles. The van der Waals surface area contributed by atoms with E-state index < -0.39 is 23.6 Å². The minimum absolute atomic E-state index is 0.224. The van der Waals surface area contributed by atoms with Crippen LogP contribution in [0.4, 0.5) is 18.9 Å². The van der Waals surface area contributed by atoms with Crippen LogP contribution in [0.2, 0.25) is 0 Å². The molecule has 162 valence electrons. The molecular formula is C22H25F3N2O3. The predicted molar refractivity (Wildman–Crippen MR) is 108 cm³/mol. The highest BCUT2D eigenvalue weighted by Crippen LogP contribution is 2.34. The molecule has 2 aromatic carbocycles. The van der Waals surface area contributed by atoms with E-state index in [0.29, 0.717) is 17.9 Å². The molecule has 0 aliphatic heterocycles. The van der Waals surface area contributed by atoms with Crippen molar-refractivity contribution in [1.82, 2.24) is 4.90 Å². The van der Waals surface area contributed by atoms with Crippen LogP contribution in [0.25, 0.3) is 0 Å². The van der Waals surface area contributed by atoms with E-state index >= 15 is 0 Å². The van der Waals surface area contributed by atoms with Gasteiger partial charge < -0.3 is 15.0 Å². The van der Waals surface area contributed by atoms with Gasteiger partial charge in [-0.15, -0.1) is 0 Å². The van der Waals surface area contributed by atoms with Crippen molar-refractivity contribution in [3.05, 3.63) is 59.7 Å². The van der Waals surface area contributed by atoms with Gasteiger partial charge in [-0.25, -0.2) is 0 Å². The SMILES string of the molecule is CCCCOc1ccc(C(=O)N(CC)CC(=O)Nc2ccccc2C(F)(F)F)cc1. The van der Waals surface area contributed by atoms with Gasteiger partial charge in [0.05, 0.1) is 17.9 Å². The van der Waals surface area contributed by atoms with Gasteiger partial charge in [0.25, 0.3) is 5.91 Å². The van der Waals surface area contributed by atoms with Crippen molar-refractivity contribution < 1.29 is 27.5 Å². The normalized spacial score (nSPS) is 11.1. The van der Waals surface area contributed by atoms with E-state index in [4.69, 9.17) is 4.74 Å². The first kappa shape index (κ1) is 23.3. The number of para-hydroxylation sites is 1. The van der Waals surface area contributed by atoms with Crippen LogP contribution in [0.5, 0.6) is 5.75 Å². The molecule has 30 heavy (non-hydrogen) atoms. The van der Waals surface area contributed by atoms with Crippen LogP contribution in [-0.4, -0.2) is 36.4 Å². The Labute approximate surface area is 173 Å². The smallest absolute Gasteiger partial charge is 0.418 e. The lowest BCUT2D eigenvalue weighted by molar-refractivity contribution is -0.137. The van der Waals surface area contributed by atoms with Gasteiger partial charge in [0, 0.05) is 12.1 Å². The Morgan fingerprint density at radius 1 is 1.03 bits per heavy atom. The van der Waals surface area contributed by atoms with Gasteiger partial charge in [0.2, 0.25) is 5.91 Å². The Bertz CT molecular complexity index is 851. The standard InChI is InChI=1S/C22H25F3N2O3/c1-3-5-14-30-17-12-10-16(11-13-17)21(29)27(4-2)15-20(28)26-19-9-7-6-8-18(19)22(23,24)25/h6-13H,3-5,14-15H2,1-2H3,(H,26,28). The number of anilines is 1. The number of hydrogen-bond donors (Lipinski definition) is 1. The second-order valence-electron chi connectivity index (χ2n) is 6.64. The lowest BCUT2D eigenvalue weighted by Gasteiger charge is -2.21. The average Bonchev–Trinajstić information content (AvgIpc) is 2.72. The second-order valence-corrected chi connectivity index (χ2v) is 6.64. The molecule has 5 nitrogen and oxygen atoms in total. The summed E-state index contributed by atoms with van der Waals surface area (Å²) in [4.78, 5) is 26.3. The number of benzene rings is 2. The molecule has 0 atom stereocenters. The quantitative estimate of drug-likeness (QED) is 0.580.